The summed E-state index contributed by atoms with van der Waals surface area (Å²) in [4.78, 5) is 14.1. The quantitative estimate of drug-likeness (QED) is 0.822. The van der Waals surface area contributed by atoms with Gasteiger partial charge in [-0.05, 0) is 19.3 Å². The number of carbonyl (C=O) groups is 1. The molecule has 0 aromatic carbocycles. The number of hydrogen-bond donors (Lipinski definition) is 1. The van der Waals surface area contributed by atoms with Crippen LogP contribution >= 0.6 is 11.8 Å². The minimum Gasteiger partial charge on any atom is -0.337 e. The highest BCUT2D eigenvalue weighted by molar-refractivity contribution is 8.00. The Hall–Kier alpha value is -0.220. The zero-order valence-electron chi connectivity index (χ0n) is 10.8. The standard InChI is InChI=1S/C12H24N2OS/c1-8(2)7-11(13)12(15)14-5-6-16-10(4)9(14)3/h8-11H,5-7,13H2,1-4H3. The van der Waals surface area contributed by atoms with E-state index < -0.39 is 0 Å². The molecule has 1 aliphatic heterocycles. The molecular formula is C12H24N2OS. The molecule has 3 atom stereocenters. The highest BCUT2D eigenvalue weighted by Crippen LogP contribution is 2.25. The van der Waals surface area contributed by atoms with Gasteiger partial charge < -0.3 is 10.6 Å². The number of nitrogens with zero attached hydrogens (tertiary/aromatic N) is 1. The van der Waals surface area contributed by atoms with Crippen LogP contribution in [0.2, 0.25) is 0 Å². The molecule has 1 rings (SSSR count). The minimum atomic E-state index is -0.322. The molecule has 4 heteroatoms. The van der Waals surface area contributed by atoms with Crippen LogP contribution in [0.5, 0.6) is 0 Å². The third kappa shape index (κ3) is 3.39. The first-order valence-electron chi connectivity index (χ1n) is 6.11. The zero-order chi connectivity index (χ0) is 12.3. The number of nitrogens with two attached hydrogens (primary N) is 1. The Labute approximate surface area is 103 Å². The van der Waals surface area contributed by atoms with Crippen molar-refractivity contribution < 1.29 is 4.79 Å². The Morgan fingerprint density at radius 3 is 2.69 bits per heavy atom. The first-order valence-corrected chi connectivity index (χ1v) is 7.16. The third-order valence-electron chi connectivity index (χ3n) is 3.21. The highest BCUT2D eigenvalue weighted by Gasteiger charge is 2.31. The first kappa shape index (κ1) is 13.8. The molecule has 1 fully saturated rings. The largest absolute Gasteiger partial charge is 0.337 e. The van der Waals surface area contributed by atoms with E-state index in [2.05, 4.69) is 27.7 Å². The number of hydrogen-bond acceptors (Lipinski definition) is 3. The predicted molar refractivity (Wildman–Crippen MR) is 70.5 cm³/mol. The van der Waals surface area contributed by atoms with Gasteiger partial charge in [0.25, 0.3) is 0 Å². The lowest BCUT2D eigenvalue weighted by Crippen LogP contribution is -2.53. The molecule has 0 bridgehead atoms. The van der Waals surface area contributed by atoms with Crippen LogP contribution in [0.3, 0.4) is 0 Å². The molecule has 0 radical (unpaired) electrons. The SMILES string of the molecule is CC(C)CC(N)C(=O)N1CCSC(C)C1C. The maximum absolute atomic E-state index is 12.2. The molecule has 0 saturated carbocycles. The number of thioether (sulfide) groups is 1. The fourth-order valence-corrected chi connectivity index (χ4v) is 3.17. The number of rotatable bonds is 3. The van der Waals surface area contributed by atoms with Crippen molar-refractivity contribution in [3.05, 3.63) is 0 Å². The van der Waals surface area contributed by atoms with E-state index >= 15 is 0 Å². The van der Waals surface area contributed by atoms with Crippen LogP contribution in [0.1, 0.15) is 34.1 Å². The van der Waals surface area contributed by atoms with Gasteiger partial charge in [0, 0.05) is 23.6 Å². The monoisotopic (exact) mass is 244 g/mol. The molecule has 0 aromatic heterocycles. The maximum atomic E-state index is 12.2. The van der Waals surface area contributed by atoms with Crippen LogP contribution in [0, 0.1) is 5.92 Å². The Morgan fingerprint density at radius 1 is 1.50 bits per heavy atom. The van der Waals surface area contributed by atoms with Gasteiger partial charge in [0.05, 0.1) is 6.04 Å². The highest BCUT2D eigenvalue weighted by atomic mass is 32.2. The summed E-state index contributed by atoms with van der Waals surface area (Å²) in [6.45, 7) is 9.36. The molecule has 3 nitrogen and oxygen atoms in total. The lowest BCUT2D eigenvalue weighted by atomic mass is 10.0. The summed E-state index contributed by atoms with van der Waals surface area (Å²) in [5.74, 6) is 1.64. The summed E-state index contributed by atoms with van der Waals surface area (Å²) in [6, 6.07) is -0.0118. The van der Waals surface area contributed by atoms with Crippen LogP contribution < -0.4 is 5.73 Å². The van der Waals surface area contributed by atoms with Gasteiger partial charge >= 0.3 is 0 Å². The fraction of sp³-hybridized carbons (Fsp3) is 0.917. The average Bonchev–Trinajstić information content (AvgIpc) is 2.20. The van der Waals surface area contributed by atoms with Gasteiger partial charge in [-0.15, -0.1) is 0 Å². The van der Waals surface area contributed by atoms with E-state index in [1.54, 1.807) is 0 Å². The molecule has 1 saturated heterocycles. The normalized spacial score (nSPS) is 28.2. The van der Waals surface area contributed by atoms with Gasteiger partial charge in [-0.3, -0.25) is 4.79 Å². The number of amides is 1. The first-order chi connectivity index (χ1) is 7.43. The van der Waals surface area contributed by atoms with Crippen molar-refractivity contribution in [2.75, 3.05) is 12.3 Å². The summed E-state index contributed by atoms with van der Waals surface area (Å²) in [5, 5.41) is 0.518. The summed E-state index contributed by atoms with van der Waals surface area (Å²) >= 11 is 1.94. The Balaban J connectivity index is 2.58. The lowest BCUT2D eigenvalue weighted by molar-refractivity contribution is -0.134. The van der Waals surface area contributed by atoms with Crippen molar-refractivity contribution in [2.45, 2.75) is 51.4 Å². The predicted octanol–water partition coefficient (Wildman–Crippen LogP) is 1.71. The second kappa shape index (κ2) is 5.92. The van der Waals surface area contributed by atoms with Crippen LogP contribution in [-0.2, 0) is 4.79 Å². The lowest BCUT2D eigenvalue weighted by Gasteiger charge is -2.39. The molecule has 0 spiro atoms. The van der Waals surface area contributed by atoms with Crippen molar-refractivity contribution in [3.63, 3.8) is 0 Å². The molecule has 0 aliphatic carbocycles. The van der Waals surface area contributed by atoms with Gasteiger partial charge in [-0.25, -0.2) is 0 Å². The number of carbonyl (C=O) groups excluding carboxylic acids is 1. The van der Waals surface area contributed by atoms with Crippen molar-refractivity contribution in [2.24, 2.45) is 11.7 Å². The molecule has 3 unspecified atom stereocenters. The molecule has 16 heavy (non-hydrogen) atoms. The second-order valence-corrected chi connectivity index (χ2v) is 6.57. The summed E-state index contributed by atoms with van der Waals surface area (Å²) in [5.41, 5.74) is 5.96. The topological polar surface area (TPSA) is 46.3 Å². The van der Waals surface area contributed by atoms with Crippen molar-refractivity contribution in [3.8, 4) is 0 Å². The molecule has 0 aromatic rings. The van der Waals surface area contributed by atoms with E-state index in [0.29, 0.717) is 17.2 Å². The van der Waals surface area contributed by atoms with Crippen LogP contribution in [0.4, 0.5) is 0 Å². The van der Waals surface area contributed by atoms with Gasteiger partial charge in [-0.1, -0.05) is 20.8 Å². The Bertz CT molecular complexity index is 245. The Morgan fingerprint density at radius 2 is 2.12 bits per heavy atom. The van der Waals surface area contributed by atoms with E-state index in [9.17, 15) is 4.79 Å². The smallest absolute Gasteiger partial charge is 0.239 e. The van der Waals surface area contributed by atoms with Crippen molar-refractivity contribution in [1.29, 1.82) is 0 Å². The average molecular weight is 244 g/mol. The van der Waals surface area contributed by atoms with Crippen LogP contribution in [0.15, 0.2) is 0 Å². The van der Waals surface area contributed by atoms with Crippen molar-refractivity contribution in [1.82, 2.24) is 4.90 Å². The van der Waals surface area contributed by atoms with E-state index in [1.807, 2.05) is 16.7 Å². The summed E-state index contributed by atoms with van der Waals surface area (Å²) < 4.78 is 0. The minimum absolute atomic E-state index is 0.133. The van der Waals surface area contributed by atoms with Gasteiger partial charge in [0.15, 0.2) is 0 Å². The summed E-state index contributed by atoms with van der Waals surface area (Å²) in [6.07, 6.45) is 0.781. The van der Waals surface area contributed by atoms with E-state index in [0.717, 1.165) is 18.7 Å². The fourth-order valence-electron chi connectivity index (χ4n) is 2.07. The van der Waals surface area contributed by atoms with Gasteiger partial charge in [-0.2, -0.15) is 11.8 Å². The molecule has 94 valence electrons. The van der Waals surface area contributed by atoms with E-state index in [4.69, 9.17) is 5.73 Å². The maximum Gasteiger partial charge on any atom is 0.239 e. The van der Waals surface area contributed by atoms with Crippen LogP contribution in [-0.4, -0.2) is 40.4 Å². The third-order valence-corrected chi connectivity index (χ3v) is 4.55. The van der Waals surface area contributed by atoms with Gasteiger partial charge in [0.1, 0.15) is 0 Å². The van der Waals surface area contributed by atoms with E-state index in [-0.39, 0.29) is 11.9 Å². The zero-order valence-corrected chi connectivity index (χ0v) is 11.6. The Kier molecular flexibility index (Phi) is 5.12. The summed E-state index contributed by atoms with van der Waals surface area (Å²) in [7, 11) is 0. The second-order valence-electron chi connectivity index (χ2n) is 5.08. The van der Waals surface area contributed by atoms with Crippen LogP contribution in [0.25, 0.3) is 0 Å². The molecule has 1 amide bonds. The molecular weight excluding hydrogens is 220 g/mol. The van der Waals surface area contributed by atoms with Gasteiger partial charge in [0.2, 0.25) is 5.91 Å². The molecule has 1 aliphatic rings. The molecule has 1 heterocycles. The van der Waals surface area contributed by atoms with E-state index in [1.165, 1.54) is 0 Å². The van der Waals surface area contributed by atoms with Crippen molar-refractivity contribution >= 4 is 17.7 Å². The molecule has 2 N–H and O–H groups in total.